The number of amides is 1. The maximum absolute atomic E-state index is 12.9. The number of hydrogen-bond acceptors (Lipinski definition) is 5. The minimum Gasteiger partial charge on any atom is -0.326 e. The van der Waals surface area contributed by atoms with E-state index < -0.39 is 0 Å². The van der Waals surface area contributed by atoms with Gasteiger partial charge in [-0.1, -0.05) is 30.3 Å². The van der Waals surface area contributed by atoms with Crippen molar-refractivity contribution in [2.75, 3.05) is 10.6 Å². The number of hydrogen-bond donors (Lipinski definition) is 3. The first kappa shape index (κ1) is 18.4. The van der Waals surface area contributed by atoms with Gasteiger partial charge in [0.2, 0.25) is 5.91 Å². The molecular weight excluding hydrogens is 368 g/mol. The van der Waals surface area contributed by atoms with Crippen LogP contribution in [0.15, 0.2) is 59.4 Å². The van der Waals surface area contributed by atoms with Crippen molar-refractivity contribution in [2.24, 2.45) is 0 Å². The molecule has 0 aliphatic carbocycles. The molecule has 0 aliphatic heterocycles. The highest BCUT2D eigenvalue weighted by Crippen LogP contribution is 2.22. The van der Waals surface area contributed by atoms with E-state index >= 15 is 0 Å². The van der Waals surface area contributed by atoms with Crippen LogP contribution in [0.1, 0.15) is 18.2 Å². The van der Waals surface area contributed by atoms with Gasteiger partial charge in [-0.2, -0.15) is 10.2 Å². The average Bonchev–Trinajstić information content (AvgIpc) is 3.11. The number of nitrogens with one attached hydrogen (secondary N) is 3. The van der Waals surface area contributed by atoms with Crippen molar-refractivity contribution >= 4 is 34.0 Å². The van der Waals surface area contributed by atoms with Crippen LogP contribution in [0, 0.1) is 6.92 Å². The highest BCUT2D eigenvalue weighted by Gasteiger charge is 2.12. The fourth-order valence-corrected chi connectivity index (χ4v) is 3.11. The van der Waals surface area contributed by atoms with Crippen molar-refractivity contribution in [1.29, 1.82) is 0 Å². The Hall–Kier alpha value is -3.94. The summed E-state index contributed by atoms with van der Waals surface area (Å²) < 4.78 is 1.43. The smallest absolute Gasteiger partial charge is 0.275 e. The lowest BCUT2D eigenvalue weighted by molar-refractivity contribution is -0.114. The maximum Gasteiger partial charge on any atom is 0.275 e. The monoisotopic (exact) mass is 388 g/mol. The van der Waals surface area contributed by atoms with E-state index in [-0.39, 0.29) is 11.5 Å². The van der Waals surface area contributed by atoms with Crippen molar-refractivity contribution in [2.45, 2.75) is 20.4 Å². The van der Waals surface area contributed by atoms with Crippen LogP contribution >= 0.6 is 0 Å². The molecule has 0 spiro atoms. The molecule has 0 saturated heterocycles. The maximum atomic E-state index is 12.9. The van der Waals surface area contributed by atoms with Crippen LogP contribution in [0.4, 0.5) is 17.3 Å². The van der Waals surface area contributed by atoms with Crippen LogP contribution in [0.5, 0.6) is 0 Å². The number of carbonyl (C=O) groups is 1. The van der Waals surface area contributed by atoms with Gasteiger partial charge in [-0.25, -0.2) is 4.68 Å². The number of aromatic amines is 1. The molecule has 8 nitrogen and oxygen atoms in total. The molecule has 0 radical (unpaired) electrons. The molecular formula is C21H20N6O2. The summed E-state index contributed by atoms with van der Waals surface area (Å²) in [7, 11) is 0. The summed E-state index contributed by atoms with van der Waals surface area (Å²) >= 11 is 0. The second-order valence-corrected chi connectivity index (χ2v) is 6.80. The molecule has 1 amide bonds. The Kier molecular flexibility index (Phi) is 4.82. The quantitative estimate of drug-likeness (QED) is 0.487. The zero-order chi connectivity index (χ0) is 20.4. The van der Waals surface area contributed by atoms with E-state index in [1.807, 2.05) is 43.3 Å². The van der Waals surface area contributed by atoms with Gasteiger partial charge in [0.05, 0.1) is 11.9 Å². The summed E-state index contributed by atoms with van der Waals surface area (Å²) in [6, 6.07) is 16.5. The van der Waals surface area contributed by atoms with Crippen LogP contribution in [-0.4, -0.2) is 25.9 Å². The number of nitrogens with zero attached hydrogens (tertiary/aromatic N) is 3. The fraction of sp³-hybridized carbons (Fsp3) is 0.143. The molecule has 146 valence electrons. The molecule has 8 heteroatoms. The van der Waals surface area contributed by atoms with E-state index in [0.29, 0.717) is 29.3 Å². The van der Waals surface area contributed by atoms with E-state index in [1.165, 1.54) is 11.6 Å². The molecule has 0 atom stereocenters. The molecule has 0 aliphatic rings. The van der Waals surface area contributed by atoms with Gasteiger partial charge in [0.15, 0.2) is 11.6 Å². The number of aryl methyl sites for hydroxylation is 1. The van der Waals surface area contributed by atoms with Crippen molar-refractivity contribution in [3.05, 3.63) is 76.2 Å². The zero-order valence-electron chi connectivity index (χ0n) is 16.1. The molecule has 2 aromatic carbocycles. The van der Waals surface area contributed by atoms with Crippen LogP contribution in [0.2, 0.25) is 0 Å². The van der Waals surface area contributed by atoms with Crippen LogP contribution in [-0.2, 0) is 11.3 Å². The number of anilines is 3. The molecule has 0 bridgehead atoms. The number of carbonyl (C=O) groups excluding carboxylic acids is 1. The van der Waals surface area contributed by atoms with Crippen molar-refractivity contribution in [1.82, 2.24) is 20.0 Å². The Labute approximate surface area is 166 Å². The van der Waals surface area contributed by atoms with E-state index in [4.69, 9.17) is 0 Å². The molecule has 4 aromatic rings. The second-order valence-electron chi connectivity index (χ2n) is 6.80. The Morgan fingerprint density at radius 2 is 1.83 bits per heavy atom. The van der Waals surface area contributed by atoms with E-state index in [9.17, 15) is 9.59 Å². The molecule has 2 aromatic heterocycles. The highest BCUT2D eigenvalue weighted by molar-refractivity contribution is 5.92. The molecule has 0 fully saturated rings. The van der Waals surface area contributed by atoms with Crippen molar-refractivity contribution in [3.8, 4) is 0 Å². The fourth-order valence-electron chi connectivity index (χ4n) is 3.11. The Balaban J connectivity index is 1.71. The first-order valence-corrected chi connectivity index (χ1v) is 9.15. The van der Waals surface area contributed by atoms with Gasteiger partial charge < -0.3 is 10.6 Å². The van der Waals surface area contributed by atoms with Crippen LogP contribution in [0.25, 0.3) is 10.8 Å². The van der Waals surface area contributed by atoms with Crippen molar-refractivity contribution < 1.29 is 4.79 Å². The normalized spacial score (nSPS) is 10.8. The predicted molar refractivity (Wildman–Crippen MR) is 112 cm³/mol. The van der Waals surface area contributed by atoms with E-state index in [1.54, 1.807) is 18.2 Å². The third kappa shape index (κ3) is 4.01. The van der Waals surface area contributed by atoms with Gasteiger partial charge >= 0.3 is 0 Å². The largest absolute Gasteiger partial charge is 0.326 e. The van der Waals surface area contributed by atoms with Gasteiger partial charge in [0, 0.05) is 29.8 Å². The minimum atomic E-state index is -0.171. The molecule has 2 heterocycles. The Bertz CT molecular complexity index is 1240. The molecule has 0 unspecified atom stereocenters. The lowest BCUT2D eigenvalue weighted by Crippen LogP contribution is -2.24. The summed E-state index contributed by atoms with van der Waals surface area (Å²) in [6.45, 7) is 3.68. The summed E-state index contributed by atoms with van der Waals surface area (Å²) in [5.74, 6) is 1.06. The molecule has 4 rings (SSSR count). The van der Waals surface area contributed by atoms with Gasteiger partial charge in [-0.3, -0.25) is 14.7 Å². The summed E-state index contributed by atoms with van der Waals surface area (Å²) in [5, 5.41) is 18.8. The lowest BCUT2D eigenvalue weighted by Gasteiger charge is -2.12. The summed E-state index contributed by atoms with van der Waals surface area (Å²) in [5.41, 5.74) is 2.35. The first-order valence-electron chi connectivity index (χ1n) is 9.15. The van der Waals surface area contributed by atoms with Gasteiger partial charge in [-0.05, 0) is 30.7 Å². The van der Waals surface area contributed by atoms with Gasteiger partial charge in [0.1, 0.15) is 0 Å². The predicted octanol–water partition coefficient (Wildman–Crippen LogP) is 3.18. The van der Waals surface area contributed by atoms with Crippen molar-refractivity contribution in [3.63, 3.8) is 0 Å². The average molecular weight is 388 g/mol. The Morgan fingerprint density at radius 1 is 1.10 bits per heavy atom. The lowest BCUT2D eigenvalue weighted by atomic mass is 10.1. The minimum absolute atomic E-state index is 0.130. The molecule has 3 N–H and O–H groups in total. The van der Waals surface area contributed by atoms with Crippen LogP contribution in [0.3, 0.4) is 0 Å². The van der Waals surface area contributed by atoms with Crippen LogP contribution < -0.4 is 16.2 Å². The third-order valence-corrected chi connectivity index (χ3v) is 4.43. The zero-order valence-corrected chi connectivity index (χ0v) is 16.1. The first-order chi connectivity index (χ1) is 14.0. The molecule has 29 heavy (non-hydrogen) atoms. The Morgan fingerprint density at radius 3 is 2.48 bits per heavy atom. The number of aromatic nitrogens is 4. The standard InChI is InChI=1S/C21H20N6O2/c1-13-11-19(25-24-13)23-20-17-5-3-4-6-18(17)21(29)27(26-20)12-15-7-9-16(10-8-15)22-14(2)28/h3-11H,12H2,1-2H3,(H,22,28)(H2,23,24,25,26). The second kappa shape index (κ2) is 7.59. The number of benzene rings is 2. The van der Waals surface area contributed by atoms with Gasteiger partial charge in [-0.15, -0.1) is 0 Å². The van der Waals surface area contributed by atoms with E-state index in [2.05, 4.69) is 25.9 Å². The summed E-state index contributed by atoms with van der Waals surface area (Å²) in [6.07, 6.45) is 0. The molecule has 0 saturated carbocycles. The number of rotatable bonds is 5. The number of H-pyrrole nitrogens is 1. The third-order valence-electron chi connectivity index (χ3n) is 4.43. The van der Waals surface area contributed by atoms with Gasteiger partial charge in [0.25, 0.3) is 5.56 Å². The summed E-state index contributed by atoms with van der Waals surface area (Å²) in [4.78, 5) is 24.1. The topological polar surface area (TPSA) is 105 Å². The number of fused-ring (bicyclic) bond motifs is 1. The highest BCUT2D eigenvalue weighted by atomic mass is 16.1. The SMILES string of the molecule is CC(=O)Nc1ccc(Cn2nc(Nc3cc(C)[nH]n3)c3ccccc3c2=O)cc1. The van der Waals surface area contributed by atoms with E-state index in [0.717, 1.165) is 16.6 Å².